The fourth-order valence-corrected chi connectivity index (χ4v) is 5.55. The Morgan fingerprint density at radius 3 is 2.39 bits per heavy atom. The van der Waals surface area contributed by atoms with E-state index in [1.807, 2.05) is 0 Å². The molecule has 3 N–H and O–H groups in total. The van der Waals surface area contributed by atoms with E-state index in [1.165, 1.54) is 29.2 Å². The van der Waals surface area contributed by atoms with E-state index in [4.69, 9.17) is 16.3 Å². The van der Waals surface area contributed by atoms with E-state index in [0.717, 1.165) is 4.90 Å². The van der Waals surface area contributed by atoms with Crippen LogP contribution < -0.4 is 16.0 Å². The highest BCUT2D eigenvalue weighted by atomic mass is 35.5. The van der Waals surface area contributed by atoms with Crippen LogP contribution in [0.25, 0.3) is 6.08 Å². The molecule has 9 nitrogen and oxygen atoms in total. The Hall–Kier alpha value is -4.45. The first-order valence-electron chi connectivity index (χ1n) is 13.5. The topological polar surface area (TPSA) is 126 Å². The van der Waals surface area contributed by atoms with E-state index in [-0.39, 0.29) is 24.0 Å². The van der Waals surface area contributed by atoms with E-state index in [9.17, 15) is 19.2 Å². The molecule has 0 saturated heterocycles. The van der Waals surface area contributed by atoms with Crippen LogP contribution in [0.1, 0.15) is 35.5 Å². The fraction of sp³-hybridized carbons (Fsp3) is 0.156. The molecule has 0 spiro atoms. The van der Waals surface area contributed by atoms with E-state index in [0.29, 0.717) is 39.3 Å². The minimum atomic E-state index is -0.534. The zero-order valence-electron chi connectivity index (χ0n) is 23.8. The SMILES string of the molecule is CCOC(=O)Cc1csc(NC(=O)C(C)Sc2ccc(NC(=O)/C(=C/c3ccccc3Cl)NC(=O)c3ccccc3)cc2)n1. The summed E-state index contributed by atoms with van der Waals surface area (Å²) in [5.74, 6) is -1.59. The van der Waals surface area contributed by atoms with Gasteiger partial charge in [0.15, 0.2) is 5.13 Å². The van der Waals surface area contributed by atoms with Crippen molar-refractivity contribution in [3.8, 4) is 0 Å². The molecule has 0 radical (unpaired) electrons. The predicted octanol–water partition coefficient (Wildman–Crippen LogP) is 6.43. The quantitative estimate of drug-likeness (QED) is 0.0918. The molecule has 1 aromatic heterocycles. The van der Waals surface area contributed by atoms with Crippen molar-refractivity contribution in [2.45, 2.75) is 30.4 Å². The number of carbonyl (C=O) groups excluding carboxylic acids is 4. The van der Waals surface area contributed by atoms with Crippen molar-refractivity contribution < 1.29 is 23.9 Å². The molecular weight excluding hydrogens is 620 g/mol. The van der Waals surface area contributed by atoms with Crippen LogP contribution in [0.15, 0.2) is 94.8 Å². The number of aromatic nitrogens is 1. The third-order valence-corrected chi connectivity index (χ3v) is 8.20. The Bertz CT molecular complexity index is 1660. The van der Waals surface area contributed by atoms with Gasteiger partial charge in [0.05, 0.1) is 24.0 Å². The van der Waals surface area contributed by atoms with Crippen molar-refractivity contribution in [2.75, 3.05) is 17.2 Å². The molecule has 4 aromatic rings. The molecule has 0 bridgehead atoms. The lowest BCUT2D eigenvalue weighted by molar-refractivity contribution is -0.142. The van der Waals surface area contributed by atoms with Crippen LogP contribution in [0.5, 0.6) is 0 Å². The molecule has 3 aromatic carbocycles. The van der Waals surface area contributed by atoms with Crippen LogP contribution in [0.3, 0.4) is 0 Å². The van der Waals surface area contributed by atoms with Crippen LogP contribution in [0.4, 0.5) is 10.8 Å². The van der Waals surface area contributed by atoms with Gasteiger partial charge in [0.1, 0.15) is 5.70 Å². The number of thioether (sulfide) groups is 1. The van der Waals surface area contributed by atoms with Gasteiger partial charge in [-0.15, -0.1) is 23.1 Å². The Labute approximate surface area is 268 Å². The number of hydrogen-bond donors (Lipinski definition) is 3. The molecule has 4 rings (SSSR count). The largest absolute Gasteiger partial charge is 0.466 e. The summed E-state index contributed by atoms with van der Waals surface area (Å²) in [5.41, 5.74) is 2.01. The third kappa shape index (κ3) is 9.53. The highest BCUT2D eigenvalue weighted by Gasteiger charge is 2.18. The number of benzene rings is 3. The molecule has 0 aliphatic rings. The van der Waals surface area contributed by atoms with Crippen molar-refractivity contribution in [3.63, 3.8) is 0 Å². The highest BCUT2D eigenvalue weighted by molar-refractivity contribution is 8.00. The molecule has 0 saturated carbocycles. The molecule has 1 atom stereocenters. The number of carbonyl (C=O) groups is 4. The van der Waals surface area contributed by atoms with Crippen molar-refractivity contribution in [2.24, 2.45) is 0 Å². The van der Waals surface area contributed by atoms with E-state index < -0.39 is 17.1 Å². The number of thiazole rings is 1. The molecule has 1 unspecified atom stereocenters. The van der Waals surface area contributed by atoms with Gasteiger partial charge in [0.25, 0.3) is 11.8 Å². The summed E-state index contributed by atoms with van der Waals surface area (Å²) < 4.78 is 4.93. The minimum absolute atomic E-state index is 0.0169. The Morgan fingerprint density at radius 1 is 0.977 bits per heavy atom. The number of amides is 3. The van der Waals surface area contributed by atoms with Gasteiger partial charge >= 0.3 is 5.97 Å². The monoisotopic (exact) mass is 648 g/mol. The lowest BCUT2D eigenvalue weighted by Gasteiger charge is -2.13. The van der Waals surface area contributed by atoms with Crippen molar-refractivity contribution in [1.82, 2.24) is 10.3 Å². The summed E-state index contributed by atoms with van der Waals surface area (Å²) in [5, 5.41) is 10.4. The van der Waals surface area contributed by atoms with E-state index in [1.54, 1.807) is 98.1 Å². The lowest BCUT2D eigenvalue weighted by Crippen LogP contribution is -2.30. The van der Waals surface area contributed by atoms with Crippen LogP contribution in [0.2, 0.25) is 5.02 Å². The van der Waals surface area contributed by atoms with Crippen LogP contribution in [-0.2, 0) is 25.5 Å². The maximum absolute atomic E-state index is 13.3. The zero-order valence-corrected chi connectivity index (χ0v) is 26.2. The average Bonchev–Trinajstić information content (AvgIpc) is 3.45. The minimum Gasteiger partial charge on any atom is -0.466 e. The first-order valence-corrected chi connectivity index (χ1v) is 15.7. The Kier molecular flexibility index (Phi) is 11.7. The van der Waals surface area contributed by atoms with Crippen LogP contribution >= 0.6 is 34.7 Å². The Morgan fingerprint density at radius 2 is 1.68 bits per heavy atom. The van der Waals surface area contributed by atoms with Gasteiger partial charge in [-0.05, 0) is 68.0 Å². The normalized spacial score (nSPS) is 11.8. The molecule has 3 amide bonds. The molecule has 44 heavy (non-hydrogen) atoms. The van der Waals surface area contributed by atoms with Crippen LogP contribution in [-0.4, -0.2) is 40.5 Å². The van der Waals surface area contributed by atoms with Crippen LogP contribution in [0, 0.1) is 0 Å². The van der Waals surface area contributed by atoms with Gasteiger partial charge in [0.2, 0.25) is 5.91 Å². The smallest absolute Gasteiger partial charge is 0.311 e. The number of nitrogens with one attached hydrogen (secondary N) is 3. The molecule has 226 valence electrons. The maximum atomic E-state index is 13.3. The molecule has 0 aliphatic carbocycles. The molecular formula is C32H29ClN4O5S2. The van der Waals surface area contributed by atoms with E-state index in [2.05, 4.69) is 20.9 Å². The number of ether oxygens (including phenoxy) is 1. The second-order valence-electron chi connectivity index (χ2n) is 9.25. The van der Waals surface area contributed by atoms with Gasteiger partial charge in [-0.25, -0.2) is 4.98 Å². The van der Waals surface area contributed by atoms with Crippen molar-refractivity contribution in [1.29, 1.82) is 0 Å². The number of esters is 1. The summed E-state index contributed by atoms with van der Waals surface area (Å²) in [4.78, 5) is 55.6. The standard InChI is InChI=1S/C32H29ClN4O5S2/c1-3-42-28(38)18-24-19-43-32(35-24)37-29(39)20(2)44-25-15-13-23(14-16-25)34-31(41)27(17-22-11-7-8-12-26(22)33)36-30(40)21-9-5-4-6-10-21/h4-17,19-20H,3,18H2,1-2H3,(H,34,41)(H,36,40)(H,35,37,39)/b27-17-. The van der Waals surface area contributed by atoms with Gasteiger partial charge < -0.3 is 20.7 Å². The van der Waals surface area contributed by atoms with Gasteiger partial charge in [-0.1, -0.05) is 48.0 Å². The summed E-state index contributed by atoms with van der Waals surface area (Å²) in [7, 11) is 0. The summed E-state index contributed by atoms with van der Waals surface area (Å²) in [6, 6.07) is 22.5. The van der Waals surface area contributed by atoms with Crippen molar-refractivity contribution >= 4 is 75.3 Å². The third-order valence-electron chi connectivity index (χ3n) is 5.94. The van der Waals surface area contributed by atoms with E-state index >= 15 is 0 Å². The summed E-state index contributed by atoms with van der Waals surface area (Å²) in [6.07, 6.45) is 1.56. The lowest BCUT2D eigenvalue weighted by atomic mass is 10.1. The summed E-state index contributed by atoms with van der Waals surface area (Å²) in [6.45, 7) is 3.80. The summed E-state index contributed by atoms with van der Waals surface area (Å²) >= 11 is 8.87. The number of rotatable bonds is 12. The molecule has 0 aliphatic heterocycles. The highest BCUT2D eigenvalue weighted by Crippen LogP contribution is 2.27. The number of hydrogen-bond acceptors (Lipinski definition) is 8. The molecule has 1 heterocycles. The predicted molar refractivity (Wildman–Crippen MR) is 175 cm³/mol. The van der Waals surface area contributed by atoms with Crippen molar-refractivity contribution in [3.05, 3.63) is 112 Å². The Balaban J connectivity index is 1.38. The number of nitrogens with zero attached hydrogens (tertiary/aromatic N) is 1. The maximum Gasteiger partial charge on any atom is 0.311 e. The number of halogens is 1. The fourth-order valence-electron chi connectivity index (χ4n) is 3.78. The molecule has 0 fully saturated rings. The second kappa shape index (κ2) is 15.9. The second-order valence-corrected chi connectivity index (χ2v) is 11.9. The van der Waals surface area contributed by atoms with Gasteiger partial charge in [0, 0.05) is 26.5 Å². The average molecular weight is 649 g/mol. The first-order chi connectivity index (χ1) is 21.2. The first kappa shape index (κ1) is 32.5. The van der Waals surface area contributed by atoms with Gasteiger partial charge in [-0.3, -0.25) is 19.2 Å². The zero-order chi connectivity index (χ0) is 31.5. The van der Waals surface area contributed by atoms with Gasteiger partial charge in [-0.2, -0.15) is 0 Å². The molecule has 12 heteroatoms. The number of anilines is 2.